The molecule has 0 spiro atoms. The van der Waals surface area contributed by atoms with Crippen LogP contribution in [-0.4, -0.2) is 27.2 Å². The van der Waals surface area contributed by atoms with Gasteiger partial charge in [0.15, 0.2) is 0 Å². The lowest BCUT2D eigenvalue weighted by Gasteiger charge is -2.22. The summed E-state index contributed by atoms with van der Waals surface area (Å²) in [5, 5.41) is 10.8. The van der Waals surface area contributed by atoms with Crippen LogP contribution in [0.15, 0.2) is 54.7 Å². The van der Waals surface area contributed by atoms with E-state index in [9.17, 15) is 23.3 Å². The summed E-state index contributed by atoms with van der Waals surface area (Å²) in [4.78, 5) is 14.0. The summed E-state index contributed by atoms with van der Waals surface area (Å²) in [5.41, 5.74) is 1.82. The third-order valence-corrected chi connectivity index (χ3v) is 4.88. The lowest BCUT2D eigenvalue weighted by molar-refractivity contribution is -0.389. The molecule has 0 fully saturated rings. The molecule has 3 aromatic rings. The van der Waals surface area contributed by atoms with Gasteiger partial charge in [-0.1, -0.05) is 48.6 Å². The molecule has 2 heterocycles. The van der Waals surface area contributed by atoms with Gasteiger partial charge < -0.3 is 19.6 Å². The number of aromatic nitrogens is 2. The van der Waals surface area contributed by atoms with Gasteiger partial charge in [-0.2, -0.15) is 13.2 Å². The smallest absolute Gasteiger partial charge is 0.416 e. The van der Waals surface area contributed by atoms with Crippen LogP contribution in [0.5, 0.6) is 6.01 Å². The molecule has 0 unspecified atom stereocenters. The van der Waals surface area contributed by atoms with Crippen LogP contribution in [-0.2, 0) is 24.1 Å². The molecule has 4 rings (SSSR count). The van der Waals surface area contributed by atoms with E-state index >= 15 is 0 Å². The van der Waals surface area contributed by atoms with E-state index < -0.39 is 16.7 Å². The van der Waals surface area contributed by atoms with Gasteiger partial charge in [-0.25, -0.2) is 0 Å². The molecule has 0 N–H and O–H groups in total. The van der Waals surface area contributed by atoms with Crippen LogP contribution < -0.4 is 4.74 Å². The first-order valence-corrected chi connectivity index (χ1v) is 9.68. The quantitative estimate of drug-likeness (QED) is 0.305. The zero-order valence-electron chi connectivity index (χ0n) is 16.7. The number of nitrogens with zero attached hydrogens (tertiary/aromatic N) is 3. The molecule has 0 radical (unpaired) electrons. The molecule has 1 aliphatic heterocycles. The van der Waals surface area contributed by atoms with Gasteiger partial charge in [-0.05, 0) is 33.7 Å². The van der Waals surface area contributed by atoms with Crippen molar-refractivity contribution >= 4 is 18.0 Å². The lowest BCUT2D eigenvalue weighted by Crippen LogP contribution is -2.32. The van der Waals surface area contributed by atoms with Crippen LogP contribution in [0.25, 0.3) is 12.2 Å². The molecule has 7 nitrogen and oxygen atoms in total. The molecule has 1 atom stereocenters. The van der Waals surface area contributed by atoms with E-state index in [1.807, 2.05) is 30.3 Å². The third-order valence-electron chi connectivity index (χ3n) is 4.88. The van der Waals surface area contributed by atoms with Crippen molar-refractivity contribution in [2.45, 2.75) is 25.4 Å². The van der Waals surface area contributed by atoms with Gasteiger partial charge in [-0.3, -0.25) is 4.57 Å². The number of hydrogen-bond acceptors (Lipinski definition) is 5. The second-order valence-corrected chi connectivity index (χ2v) is 7.23. The second kappa shape index (κ2) is 8.83. The predicted molar refractivity (Wildman–Crippen MR) is 110 cm³/mol. The van der Waals surface area contributed by atoms with Gasteiger partial charge in [0.05, 0.1) is 18.7 Å². The number of benzene rings is 2. The normalized spacial score (nSPS) is 16.0. The summed E-state index contributed by atoms with van der Waals surface area (Å²) in [5.74, 6) is -0.263. The van der Waals surface area contributed by atoms with Crippen molar-refractivity contribution < 1.29 is 27.6 Å². The Morgan fingerprint density at radius 1 is 1.12 bits per heavy atom. The van der Waals surface area contributed by atoms with E-state index in [0.29, 0.717) is 18.7 Å². The molecule has 0 saturated heterocycles. The number of imidazole rings is 1. The fourth-order valence-electron chi connectivity index (χ4n) is 3.17. The highest BCUT2D eigenvalue weighted by Crippen LogP contribution is 2.29. The monoisotopic (exact) mass is 445 g/mol. The molecule has 166 valence electrons. The maximum absolute atomic E-state index is 12.6. The van der Waals surface area contributed by atoms with Crippen LogP contribution in [0.1, 0.15) is 22.3 Å². The summed E-state index contributed by atoms with van der Waals surface area (Å²) in [6.45, 7) is 0.995. The zero-order valence-corrected chi connectivity index (χ0v) is 16.7. The van der Waals surface area contributed by atoms with E-state index in [1.54, 1.807) is 10.6 Å². The Morgan fingerprint density at radius 2 is 1.75 bits per heavy atom. The van der Waals surface area contributed by atoms with Crippen molar-refractivity contribution in [3.63, 3.8) is 0 Å². The van der Waals surface area contributed by atoms with Gasteiger partial charge in [0.2, 0.25) is 0 Å². The SMILES string of the molecule is O=[N+]([O-])c1cn2c(n1)OC[C@@H](OCc1ccc(/C=C/c3ccc(C(F)(F)F)cc3)cc1)C2. The van der Waals surface area contributed by atoms with Gasteiger partial charge in [0.1, 0.15) is 18.9 Å². The van der Waals surface area contributed by atoms with Crippen LogP contribution in [0.3, 0.4) is 0 Å². The van der Waals surface area contributed by atoms with Gasteiger partial charge in [-0.15, -0.1) is 0 Å². The molecule has 0 amide bonds. The zero-order chi connectivity index (χ0) is 22.7. The topological polar surface area (TPSA) is 79.4 Å². The Hall–Kier alpha value is -3.66. The Balaban J connectivity index is 1.30. The van der Waals surface area contributed by atoms with E-state index in [4.69, 9.17) is 9.47 Å². The number of halogens is 3. The number of rotatable bonds is 6. The lowest BCUT2D eigenvalue weighted by atomic mass is 10.1. The summed E-state index contributed by atoms with van der Waals surface area (Å²) in [6, 6.07) is 12.7. The van der Waals surface area contributed by atoms with Crippen LogP contribution in [0, 0.1) is 10.1 Å². The second-order valence-electron chi connectivity index (χ2n) is 7.23. The summed E-state index contributed by atoms with van der Waals surface area (Å²) < 4.78 is 50.7. The van der Waals surface area contributed by atoms with Crippen molar-refractivity contribution in [2.24, 2.45) is 0 Å². The van der Waals surface area contributed by atoms with E-state index in [1.165, 1.54) is 18.3 Å². The average molecular weight is 445 g/mol. The molecule has 0 bridgehead atoms. The summed E-state index contributed by atoms with van der Waals surface area (Å²) >= 11 is 0. The minimum atomic E-state index is -4.34. The molecule has 1 aromatic heterocycles. The molecular weight excluding hydrogens is 427 g/mol. The van der Waals surface area contributed by atoms with Crippen LogP contribution >= 0.6 is 0 Å². The molecule has 32 heavy (non-hydrogen) atoms. The van der Waals surface area contributed by atoms with Gasteiger partial charge in [0, 0.05) is 4.98 Å². The highest BCUT2D eigenvalue weighted by atomic mass is 19.4. The molecule has 1 aliphatic rings. The first kappa shape index (κ1) is 21.6. The summed E-state index contributed by atoms with van der Waals surface area (Å²) in [7, 11) is 0. The Bertz CT molecular complexity index is 1120. The number of fused-ring (bicyclic) bond motifs is 1. The molecule has 0 saturated carbocycles. The highest BCUT2D eigenvalue weighted by Gasteiger charge is 2.30. The molecule has 0 aliphatic carbocycles. The van der Waals surface area contributed by atoms with Crippen molar-refractivity contribution in [1.29, 1.82) is 0 Å². The van der Waals surface area contributed by atoms with Crippen molar-refractivity contribution in [3.05, 3.63) is 87.1 Å². The number of nitro groups is 1. The standard InChI is InChI=1S/C22H18F3N3O4/c23-22(24,25)18-9-7-16(8-10-18)2-1-15-3-5-17(6-4-15)13-31-19-11-27-12-20(28(29)30)26-21(27)32-14-19/h1-10,12,19H,11,13-14H2/b2-1+/t19-/m0/s1. The van der Waals surface area contributed by atoms with Crippen molar-refractivity contribution in [1.82, 2.24) is 9.55 Å². The van der Waals surface area contributed by atoms with Crippen molar-refractivity contribution in [3.8, 4) is 6.01 Å². The summed E-state index contributed by atoms with van der Waals surface area (Å²) in [6.07, 6.45) is 0.268. The maximum atomic E-state index is 12.6. The fourth-order valence-corrected chi connectivity index (χ4v) is 3.17. The Labute approximate surface area is 180 Å². The molecular formula is C22H18F3N3O4. The fraction of sp³-hybridized carbons (Fsp3) is 0.227. The van der Waals surface area contributed by atoms with E-state index in [2.05, 4.69) is 4.98 Å². The van der Waals surface area contributed by atoms with Gasteiger partial charge >= 0.3 is 18.0 Å². The first-order chi connectivity index (χ1) is 15.3. The molecule has 10 heteroatoms. The largest absolute Gasteiger partial charge is 0.443 e. The minimum Gasteiger partial charge on any atom is -0.443 e. The Morgan fingerprint density at radius 3 is 2.34 bits per heavy atom. The average Bonchev–Trinajstić information content (AvgIpc) is 3.20. The Kier molecular flexibility index (Phi) is 5.95. The molecule has 2 aromatic carbocycles. The van der Waals surface area contributed by atoms with E-state index in [-0.39, 0.29) is 24.5 Å². The first-order valence-electron chi connectivity index (χ1n) is 9.68. The van der Waals surface area contributed by atoms with Crippen LogP contribution in [0.4, 0.5) is 19.0 Å². The minimum absolute atomic E-state index is 0.209. The van der Waals surface area contributed by atoms with Gasteiger partial charge in [0.25, 0.3) is 0 Å². The van der Waals surface area contributed by atoms with Crippen LogP contribution in [0.2, 0.25) is 0 Å². The third kappa shape index (κ3) is 5.14. The predicted octanol–water partition coefficient (Wildman–Crippen LogP) is 4.96. The highest BCUT2D eigenvalue weighted by molar-refractivity contribution is 5.69. The number of ether oxygens (including phenoxy) is 2. The number of alkyl halides is 3. The maximum Gasteiger partial charge on any atom is 0.416 e. The number of hydrogen-bond donors (Lipinski definition) is 0. The van der Waals surface area contributed by atoms with E-state index in [0.717, 1.165) is 23.3 Å². The van der Waals surface area contributed by atoms with Crippen molar-refractivity contribution in [2.75, 3.05) is 6.61 Å².